The lowest BCUT2D eigenvalue weighted by Gasteiger charge is -2.10. The fourth-order valence-electron chi connectivity index (χ4n) is 1.45. The molecule has 2 rings (SSSR count). The van der Waals surface area contributed by atoms with Crippen LogP contribution in [0.5, 0.6) is 11.5 Å². The molecule has 0 aliphatic heterocycles. The third-order valence-electron chi connectivity index (χ3n) is 2.30. The van der Waals surface area contributed by atoms with Gasteiger partial charge in [0, 0.05) is 16.6 Å². The van der Waals surface area contributed by atoms with Gasteiger partial charge in [0.05, 0.1) is 0 Å². The topological polar surface area (TPSA) is 35.2 Å². The Labute approximate surface area is 107 Å². The molecule has 88 valence electrons. The van der Waals surface area contributed by atoms with Crippen molar-refractivity contribution in [2.24, 2.45) is 5.73 Å². The lowest BCUT2D eigenvalue weighted by atomic mass is 10.2. The smallest absolute Gasteiger partial charge is 0.167 e. The van der Waals surface area contributed by atoms with Crippen molar-refractivity contribution in [3.63, 3.8) is 0 Å². The van der Waals surface area contributed by atoms with E-state index in [-0.39, 0.29) is 12.3 Å². The summed E-state index contributed by atoms with van der Waals surface area (Å²) in [7, 11) is 0. The fraction of sp³-hybridized carbons (Fsp3) is 0.0769. The van der Waals surface area contributed by atoms with Crippen LogP contribution < -0.4 is 10.5 Å². The van der Waals surface area contributed by atoms with Crippen molar-refractivity contribution in [3.8, 4) is 11.5 Å². The third kappa shape index (κ3) is 2.84. The first-order valence-electron chi connectivity index (χ1n) is 5.11. The first kappa shape index (κ1) is 12.1. The lowest BCUT2D eigenvalue weighted by molar-refractivity contribution is 0.436. The maximum absolute atomic E-state index is 13.6. The molecule has 17 heavy (non-hydrogen) atoms. The molecular formula is C13H11BrFNO. The monoisotopic (exact) mass is 295 g/mol. The Morgan fingerprint density at radius 1 is 1.12 bits per heavy atom. The van der Waals surface area contributed by atoms with E-state index in [1.165, 1.54) is 6.07 Å². The summed E-state index contributed by atoms with van der Waals surface area (Å²) in [5.41, 5.74) is 6.19. The second-order valence-corrected chi connectivity index (χ2v) is 4.40. The molecule has 0 spiro atoms. The number of benzene rings is 2. The first-order valence-corrected chi connectivity index (χ1v) is 5.91. The van der Waals surface area contributed by atoms with Crippen LogP contribution >= 0.6 is 15.9 Å². The van der Waals surface area contributed by atoms with Crippen LogP contribution in [0, 0.1) is 5.82 Å². The minimum absolute atomic E-state index is 0.192. The summed E-state index contributed by atoms with van der Waals surface area (Å²) >= 11 is 3.32. The van der Waals surface area contributed by atoms with Gasteiger partial charge in [-0.1, -0.05) is 28.1 Å². The summed E-state index contributed by atoms with van der Waals surface area (Å²) in [4.78, 5) is 0. The number of nitrogens with two attached hydrogens (primary N) is 1. The van der Waals surface area contributed by atoms with E-state index in [0.29, 0.717) is 11.3 Å². The van der Waals surface area contributed by atoms with E-state index in [1.54, 1.807) is 24.3 Å². The van der Waals surface area contributed by atoms with Crippen molar-refractivity contribution >= 4 is 15.9 Å². The highest BCUT2D eigenvalue weighted by molar-refractivity contribution is 9.10. The van der Waals surface area contributed by atoms with Crippen LogP contribution in [0.2, 0.25) is 0 Å². The summed E-state index contributed by atoms with van der Waals surface area (Å²) < 4.78 is 20.1. The molecule has 2 N–H and O–H groups in total. The Bertz CT molecular complexity index is 513. The predicted molar refractivity (Wildman–Crippen MR) is 68.5 cm³/mol. The van der Waals surface area contributed by atoms with Crippen LogP contribution in [0.25, 0.3) is 0 Å². The second-order valence-electron chi connectivity index (χ2n) is 3.49. The van der Waals surface area contributed by atoms with Gasteiger partial charge in [0.25, 0.3) is 0 Å². The first-order chi connectivity index (χ1) is 8.20. The number of rotatable bonds is 3. The molecule has 4 heteroatoms. The van der Waals surface area contributed by atoms with Gasteiger partial charge in [-0.3, -0.25) is 0 Å². The van der Waals surface area contributed by atoms with Crippen molar-refractivity contribution < 1.29 is 9.13 Å². The van der Waals surface area contributed by atoms with Crippen LogP contribution in [-0.2, 0) is 6.54 Å². The lowest BCUT2D eigenvalue weighted by Crippen LogP contribution is -2.01. The zero-order chi connectivity index (χ0) is 12.3. The van der Waals surface area contributed by atoms with Crippen molar-refractivity contribution in [2.45, 2.75) is 6.54 Å². The van der Waals surface area contributed by atoms with Gasteiger partial charge >= 0.3 is 0 Å². The standard InChI is InChI=1S/C13H11BrFNO/c14-10-4-6-11(7-5-10)17-13-9(8-16)2-1-3-12(13)15/h1-7H,8,16H2. The normalized spacial score (nSPS) is 10.3. The van der Waals surface area contributed by atoms with Crippen LogP contribution in [0.3, 0.4) is 0 Å². The average Bonchev–Trinajstić information content (AvgIpc) is 2.34. The van der Waals surface area contributed by atoms with E-state index < -0.39 is 5.82 Å². The molecule has 0 bridgehead atoms. The molecule has 0 aliphatic carbocycles. The molecular weight excluding hydrogens is 285 g/mol. The largest absolute Gasteiger partial charge is 0.454 e. The number of halogens is 2. The highest BCUT2D eigenvalue weighted by Gasteiger charge is 2.09. The van der Waals surface area contributed by atoms with E-state index in [9.17, 15) is 4.39 Å². The molecule has 0 fully saturated rings. The fourth-order valence-corrected chi connectivity index (χ4v) is 1.71. The zero-order valence-corrected chi connectivity index (χ0v) is 10.6. The molecule has 0 atom stereocenters. The molecule has 0 saturated carbocycles. The van der Waals surface area contributed by atoms with Crippen LogP contribution in [-0.4, -0.2) is 0 Å². The van der Waals surface area contributed by atoms with E-state index in [4.69, 9.17) is 10.5 Å². The molecule has 0 unspecified atom stereocenters. The third-order valence-corrected chi connectivity index (χ3v) is 2.83. The van der Waals surface area contributed by atoms with E-state index in [1.807, 2.05) is 12.1 Å². The summed E-state index contributed by atoms with van der Waals surface area (Å²) in [6.45, 7) is 0.240. The van der Waals surface area contributed by atoms with Gasteiger partial charge in [0.1, 0.15) is 5.75 Å². The maximum atomic E-state index is 13.6. The van der Waals surface area contributed by atoms with Crippen LogP contribution in [0.4, 0.5) is 4.39 Å². The van der Waals surface area contributed by atoms with Gasteiger partial charge in [0.2, 0.25) is 0 Å². The summed E-state index contributed by atoms with van der Waals surface area (Å²) in [5.74, 6) is 0.362. The molecule has 2 nitrogen and oxygen atoms in total. The Morgan fingerprint density at radius 2 is 1.82 bits per heavy atom. The molecule has 2 aromatic rings. The average molecular weight is 296 g/mol. The Morgan fingerprint density at radius 3 is 2.47 bits per heavy atom. The molecule has 0 amide bonds. The number of hydrogen-bond acceptors (Lipinski definition) is 2. The number of ether oxygens (including phenoxy) is 1. The maximum Gasteiger partial charge on any atom is 0.167 e. The molecule has 0 heterocycles. The summed E-state index contributed by atoms with van der Waals surface area (Å²) in [6, 6.07) is 11.9. The van der Waals surface area contributed by atoms with Crippen molar-refractivity contribution in [2.75, 3.05) is 0 Å². The highest BCUT2D eigenvalue weighted by atomic mass is 79.9. The molecule has 0 radical (unpaired) electrons. The van der Waals surface area contributed by atoms with Gasteiger partial charge in [-0.25, -0.2) is 4.39 Å². The van der Waals surface area contributed by atoms with Gasteiger partial charge in [0.15, 0.2) is 11.6 Å². The summed E-state index contributed by atoms with van der Waals surface area (Å²) in [5, 5.41) is 0. The van der Waals surface area contributed by atoms with E-state index >= 15 is 0 Å². The SMILES string of the molecule is NCc1cccc(F)c1Oc1ccc(Br)cc1. The Kier molecular flexibility index (Phi) is 3.76. The molecule has 0 saturated heterocycles. The number of hydrogen-bond donors (Lipinski definition) is 1. The second kappa shape index (κ2) is 5.29. The Balaban J connectivity index is 2.32. The molecule has 0 aromatic heterocycles. The van der Waals surface area contributed by atoms with E-state index in [0.717, 1.165) is 4.47 Å². The summed E-state index contributed by atoms with van der Waals surface area (Å²) in [6.07, 6.45) is 0. The minimum atomic E-state index is -0.407. The van der Waals surface area contributed by atoms with Crippen molar-refractivity contribution in [3.05, 3.63) is 58.3 Å². The molecule has 0 aliphatic rings. The van der Waals surface area contributed by atoms with Crippen molar-refractivity contribution in [1.82, 2.24) is 0 Å². The van der Waals surface area contributed by atoms with E-state index in [2.05, 4.69) is 15.9 Å². The van der Waals surface area contributed by atoms with Gasteiger partial charge in [-0.05, 0) is 30.3 Å². The number of para-hydroxylation sites is 1. The highest BCUT2D eigenvalue weighted by Crippen LogP contribution is 2.28. The zero-order valence-electron chi connectivity index (χ0n) is 8.99. The molecule has 2 aromatic carbocycles. The minimum Gasteiger partial charge on any atom is -0.454 e. The Hall–Kier alpha value is -1.39. The van der Waals surface area contributed by atoms with Gasteiger partial charge in [-0.15, -0.1) is 0 Å². The van der Waals surface area contributed by atoms with Crippen molar-refractivity contribution in [1.29, 1.82) is 0 Å². The van der Waals surface area contributed by atoms with Crippen LogP contribution in [0.15, 0.2) is 46.9 Å². The van der Waals surface area contributed by atoms with Gasteiger partial charge < -0.3 is 10.5 Å². The van der Waals surface area contributed by atoms with Crippen LogP contribution in [0.1, 0.15) is 5.56 Å². The van der Waals surface area contributed by atoms with Gasteiger partial charge in [-0.2, -0.15) is 0 Å². The quantitative estimate of drug-likeness (QED) is 0.934. The predicted octanol–water partition coefficient (Wildman–Crippen LogP) is 3.84.